The lowest BCUT2D eigenvalue weighted by Gasteiger charge is -2.25. The van der Waals surface area contributed by atoms with Crippen LogP contribution in [0, 0.1) is 6.92 Å². The van der Waals surface area contributed by atoms with E-state index in [0.29, 0.717) is 36.7 Å². The van der Waals surface area contributed by atoms with Crippen LogP contribution in [0.4, 0.5) is 5.95 Å². The Bertz CT molecular complexity index is 1200. The van der Waals surface area contributed by atoms with E-state index < -0.39 is 0 Å². The fourth-order valence-electron chi connectivity index (χ4n) is 3.59. The first-order chi connectivity index (χ1) is 12.9. The minimum absolute atomic E-state index is 0.306. The number of rotatable bonds is 3. The lowest BCUT2D eigenvalue weighted by Crippen LogP contribution is -2.39. The largest absolute Gasteiger partial charge is 0.332 e. The standard InChI is InChI=1S/C19H22N6O2/c1-5-23-17(26)15-16(22(4)19(23)27)20-18-24(15)10-13(3)21-25(18)11-14-8-6-7-12(2)9-14/h6-9H,5,10-11H2,1-4H3. The van der Waals surface area contributed by atoms with Gasteiger partial charge in [-0.2, -0.15) is 10.1 Å². The molecule has 3 heterocycles. The Hall–Kier alpha value is -3.16. The van der Waals surface area contributed by atoms with Gasteiger partial charge in [-0.15, -0.1) is 0 Å². The number of fused-ring (bicyclic) bond motifs is 3. The summed E-state index contributed by atoms with van der Waals surface area (Å²) in [4.78, 5) is 30.0. The highest BCUT2D eigenvalue weighted by atomic mass is 16.2. The molecule has 8 heteroatoms. The third kappa shape index (κ3) is 2.68. The Balaban J connectivity index is 1.93. The lowest BCUT2D eigenvalue weighted by molar-refractivity contribution is 0.634. The van der Waals surface area contributed by atoms with Crippen LogP contribution in [-0.4, -0.2) is 24.4 Å². The molecule has 0 spiro atoms. The summed E-state index contributed by atoms with van der Waals surface area (Å²) < 4.78 is 4.54. The molecule has 0 saturated heterocycles. The highest BCUT2D eigenvalue weighted by Crippen LogP contribution is 2.25. The minimum Gasteiger partial charge on any atom is -0.297 e. The second-order valence-electron chi connectivity index (χ2n) is 6.94. The maximum atomic E-state index is 12.9. The highest BCUT2D eigenvalue weighted by molar-refractivity contribution is 5.87. The Kier molecular flexibility index (Phi) is 3.98. The van der Waals surface area contributed by atoms with Gasteiger partial charge in [0.15, 0.2) is 11.2 Å². The number of hydrazone groups is 1. The van der Waals surface area contributed by atoms with E-state index in [-0.39, 0.29) is 11.2 Å². The van der Waals surface area contributed by atoms with Gasteiger partial charge in [-0.1, -0.05) is 29.8 Å². The van der Waals surface area contributed by atoms with Gasteiger partial charge in [0.2, 0.25) is 5.95 Å². The van der Waals surface area contributed by atoms with E-state index in [4.69, 9.17) is 0 Å². The minimum atomic E-state index is -0.353. The SMILES string of the molecule is CCn1c(=O)c2c(nc3n2CC(C)=NN3Cc2cccc(C)c2)n(C)c1=O. The molecule has 0 saturated carbocycles. The van der Waals surface area contributed by atoms with E-state index in [1.54, 1.807) is 19.0 Å². The molecule has 0 N–H and O–H groups in total. The summed E-state index contributed by atoms with van der Waals surface area (Å²) >= 11 is 0. The number of imidazole rings is 1. The summed E-state index contributed by atoms with van der Waals surface area (Å²) in [6, 6.07) is 8.20. The van der Waals surface area contributed by atoms with E-state index in [0.717, 1.165) is 11.3 Å². The molecule has 0 radical (unpaired) electrons. The average molecular weight is 366 g/mol. The maximum Gasteiger partial charge on any atom is 0.332 e. The number of aromatic nitrogens is 4. The monoisotopic (exact) mass is 366 g/mol. The first-order valence-electron chi connectivity index (χ1n) is 8.98. The molecule has 0 atom stereocenters. The first-order valence-corrected chi connectivity index (χ1v) is 8.98. The molecule has 0 unspecified atom stereocenters. The van der Waals surface area contributed by atoms with Crippen molar-refractivity contribution in [1.29, 1.82) is 0 Å². The van der Waals surface area contributed by atoms with Crippen molar-refractivity contribution in [3.8, 4) is 0 Å². The predicted octanol–water partition coefficient (Wildman–Crippen LogP) is 1.62. The molecule has 8 nitrogen and oxygen atoms in total. The number of hydrogen-bond acceptors (Lipinski definition) is 5. The zero-order valence-electron chi connectivity index (χ0n) is 15.9. The zero-order chi connectivity index (χ0) is 19.3. The van der Waals surface area contributed by atoms with Gasteiger partial charge in [-0.05, 0) is 26.3 Å². The summed E-state index contributed by atoms with van der Waals surface area (Å²) in [5.74, 6) is 0.582. The second kappa shape index (κ2) is 6.22. The maximum absolute atomic E-state index is 12.9. The Labute approximate surface area is 156 Å². The number of anilines is 1. The van der Waals surface area contributed by atoms with Gasteiger partial charge < -0.3 is 0 Å². The molecule has 3 aromatic rings. The van der Waals surface area contributed by atoms with Gasteiger partial charge in [0.1, 0.15) is 0 Å². The van der Waals surface area contributed by atoms with Crippen LogP contribution >= 0.6 is 0 Å². The second-order valence-corrected chi connectivity index (χ2v) is 6.94. The Morgan fingerprint density at radius 2 is 1.96 bits per heavy atom. The average Bonchev–Trinajstić information content (AvgIpc) is 3.00. The van der Waals surface area contributed by atoms with Crippen molar-refractivity contribution >= 4 is 22.8 Å². The van der Waals surface area contributed by atoms with Gasteiger partial charge in [0, 0.05) is 13.6 Å². The van der Waals surface area contributed by atoms with Crippen LogP contribution in [0.5, 0.6) is 0 Å². The van der Waals surface area contributed by atoms with Crippen LogP contribution < -0.4 is 16.3 Å². The molecule has 0 bridgehead atoms. The number of hydrogen-bond donors (Lipinski definition) is 0. The van der Waals surface area contributed by atoms with E-state index in [1.807, 2.05) is 36.6 Å². The van der Waals surface area contributed by atoms with Gasteiger partial charge >= 0.3 is 5.69 Å². The number of aryl methyl sites for hydroxylation is 2. The van der Waals surface area contributed by atoms with Crippen LogP contribution in [0.2, 0.25) is 0 Å². The number of benzene rings is 1. The quantitative estimate of drug-likeness (QED) is 0.706. The van der Waals surface area contributed by atoms with Crippen molar-refractivity contribution in [1.82, 2.24) is 18.7 Å². The van der Waals surface area contributed by atoms with E-state index in [2.05, 4.69) is 16.2 Å². The van der Waals surface area contributed by atoms with Crippen LogP contribution in [0.15, 0.2) is 39.0 Å². The summed E-state index contributed by atoms with van der Waals surface area (Å²) in [6.07, 6.45) is 0. The fraction of sp³-hybridized carbons (Fsp3) is 0.368. The third-order valence-corrected chi connectivity index (χ3v) is 4.85. The Morgan fingerprint density at radius 3 is 2.67 bits per heavy atom. The van der Waals surface area contributed by atoms with Gasteiger partial charge in [0.25, 0.3) is 5.56 Å². The van der Waals surface area contributed by atoms with Crippen molar-refractivity contribution in [3.05, 3.63) is 56.2 Å². The normalized spacial score (nSPS) is 13.8. The molecule has 27 heavy (non-hydrogen) atoms. The summed E-state index contributed by atoms with van der Waals surface area (Å²) in [6.45, 7) is 7.11. The molecule has 4 rings (SSSR count). The highest BCUT2D eigenvalue weighted by Gasteiger charge is 2.26. The molecule has 140 valence electrons. The smallest absolute Gasteiger partial charge is 0.297 e. The van der Waals surface area contributed by atoms with E-state index >= 15 is 0 Å². The van der Waals surface area contributed by atoms with Gasteiger partial charge in [0.05, 0.1) is 18.8 Å². The summed E-state index contributed by atoms with van der Waals surface area (Å²) in [7, 11) is 1.65. The molecular weight excluding hydrogens is 344 g/mol. The molecule has 1 aliphatic heterocycles. The van der Waals surface area contributed by atoms with Crippen molar-refractivity contribution in [3.63, 3.8) is 0 Å². The lowest BCUT2D eigenvalue weighted by atomic mass is 10.1. The number of nitrogens with zero attached hydrogens (tertiary/aromatic N) is 6. The molecule has 0 aliphatic carbocycles. The molecule has 0 amide bonds. The van der Waals surface area contributed by atoms with E-state index in [9.17, 15) is 9.59 Å². The van der Waals surface area contributed by atoms with Crippen molar-refractivity contribution in [2.75, 3.05) is 5.01 Å². The van der Waals surface area contributed by atoms with Crippen molar-refractivity contribution < 1.29 is 0 Å². The first kappa shape index (κ1) is 17.3. The van der Waals surface area contributed by atoms with Crippen LogP contribution in [0.25, 0.3) is 11.2 Å². The topological polar surface area (TPSA) is 77.4 Å². The van der Waals surface area contributed by atoms with Gasteiger partial charge in [-0.3, -0.25) is 18.5 Å². The molecule has 1 aromatic carbocycles. The Morgan fingerprint density at radius 1 is 1.19 bits per heavy atom. The third-order valence-electron chi connectivity index (χ3n) is 4.85. The van der Waals surface area contributed by atoms with Crippen LogP contribution in [0.1, 0.15) is 25.0 Å². The van der Waals surface area contributed by atoms with E-state index in [1.165, 1.54) is 14.7 Å². The van der Waals surface area contributed by atoms with Crippen molar-refractivity contribution in [2.24, 2.45) is 12.1 Å². The summed E-state index contributed by atoms with van der Waals surface area (Å²) in [5, 5.41) is 6.44. The van der Waals surface area contributed by atoms with Crippen molar-refractivity contribution in [2.45, 2.75) is 40.4 Å². The zero-order valence-corrected chi connectivity index (χ0v) is 15.9. The van der Waals surface area contributed by atoms with Crippen LogP contribution in [-0.2, 0) is 26.7 Å². The van der Waals surface area contributed by atoms with Gasteiger partial charge in [-0.25, -0.2) is 9.80 Å². The predicted molar refractivity (Wildman–Crippen MR) is 105 cm³/mol. The molecule has 0 fully saturated rings. The molecule has 1 aliphatic rings. The molecular formula is C19H22N6O2. The molecule has 2 aromatic heterocycles. The summed E-state index contributed by atoms with van der Waals surface area (Å²) in [5.41, 5.74) is 3.33. The fourth-order valence-corrected chi connectivity index (χ4v) is 3.59. The van der Waals surface area contributed by atoms with Crippen LogP contribution in [0.3, 0.4) is 0 Å².